The Morgan fingerprint density at radius 3 is 2.95 bits per heavy atom. The molecule has 0 radical (unpaired) electrons. The van der Waals surface area contributed by atoms with Crippen LogP contribution < -0.4 is 4.74 Å². The average molecular weight is 261 g/mol. The highest BCUT2D eigenvalue weighted by Gasteiger charge is 2.25. The third-order valence-corrected chi connectivity index (χ3v) is 3.16. The Labute approximate surface area is 110 Å². The molecule has 0 saturated carbocycles. The average Bonchev–Trinajstić information content (AvgIpc) is 2.47. The van der Waals surface area contributed by atoms with Gasteiger partial charge in [-0.3, -0.25) is 4.79 Å². The predicted octanol–water partition coefficient (Wildman–Crippen LogP) is 2.01. The Morgan fingerprint density at radius 1 is 1.58 bits per heavy atom. The van der Waals surface area contributed by atoms with Crippen LogP contribution in [0.15, 0.2) is 23.4 Å². The molecular formula is C12H15N5O2. The molecule has 0 atom stereocenters. The first kappa shape index (κ1) is 13.2. The summed E-state index contributed by atoms with van der Waals surface area (Å²) in [6.07, 6.45) is 2.97. The summed E-state index contributed by atoms with van der Waals surface area (Å²) in [5.41, 5.74) is 8.86. The Bertz CT molecular complexity index is 505. The third-order valence-electron chi connectivity index (χ3n) is 3.16. The normalized spacial score (nSPS) is 15.7. The van der Waals surface area contributed by atoms with Crippen LogP contribution in [-0.2, 0) is 0 Å². The lowest BCUT2D eigenvalue weighted by atomic mass is 10.1. The number of hydrogen-bond acceptors (Lipinski definition) is 4. The summed E-state index contributed by atoms with van der Waals surface area (Å²) < 4.78 is 5.09. The quantitative estimate of drug-likeness (QED) is 0.473. The Hall–Kier alpha value is -2.27. The van der Waals surface area contributed by atoms with Gasteiger partial charge in [-0.2, -0.15) is 0 Å². The molecule has 0 bridgehead atoms. The molecule has 0 spiro atoms. The Morgan fingerprint density at radius 2 is 2.32 bits per heavy atom. The van der Waals surface area contributed by atoms with Crippen molar-refractivity contribution in [3.8, 4) is 5.88 Å². The molecular weight excluding hydrogens is 246 g/mol. The number of ether oxygens (including phenoxy) is 1. The van der Waals surface area contributed by atoms with Gasteiger partial charge in [0, 0.05) is 30.2 Å². The second-order valence-corrected chi connectivity index (χ2v) is 4.29. The molecule has 2 rings (SSSR count). The van der Waals surface area contributed by atoms with Crippen molar-refractivity contribution in [2.24, 2.45) is 5.11 Å². The maximum atomic E-state index is 12.3. The van der Waals surface area contributed by atoms with Crippen molar-refractivity contribution in [1.29, 1.82) is 0 Å². The molecule has 0 aromatic carbocycles. The summed E-state index contributed by atoms with van der Waals surface area (Å²) in [7, 11) is 1.49. The van der Waals surface area contributed by atoms with Gasteiger partial charge in [0.1, 0.15) is 5.56 Å². The van der Waals surface area contributed by atoms with E-state index in [1.54, 1.807) is 23.2 Å². The number of aromatic nitrogens is 1. The molecule has 7 heteroatoms. The van der Waals surface area contributed by atoms with Crippen molar-refractivity contribution in [2.45, 2.75) is 18.9 Å². The molecule has 7 nitrogen and oxygen atoms in total. The van der Waals surface area contributed by atoms with Gasteiger partial charge in [0.25, 0.3) is 5.91 Å². The molecule has 1 fully saturated rings. The van der Waals surface area contributed by atoms with Gasteiger partial charge in [-0.15, -0.1) is 0 Å². The molecule has 0 N–H and O–H groups in total. The summed E-state index contributed by atoms with van der Waals surface area (Å²) in [6.45, 7) is 1.17. The van der Waals surface area contributed by atoms with E-state index < -0.39 is 0 Å². The lowest BCUT2D eigenvalue weighted by molar-refractivity contribution is 0.0710. The maximum absolute atomic E-state index is 12.3. The van der Waals surface area contributed by atoms with E-state index in [9.17, 15) is 4.79 Å². The van der Waals surface area contributed by atoms with Crippen molar-refractivity contribution in [3.05, 3.63) is 34.3 Å². The van der Waals surface area contributed by atoms with Crippen molar-refractivity contribution < 1.29 is 9.53 Å². The van der Waals surface area contributed by atoms with E-state index in [4.69, 9.17) is 10.3 Å². The minimum atomic E-state index is -0.0932. The number of methoxy groups -OCH3 is 1. The number of carbonyl (C=O) groups is 1. The first-order valence-electron chi connectivity index (χ1n) is 6.08. The van der Waals surface area contributed by atoms with Crippen LogP contribution in [0.1, 0.15) is 23.2 Å². The van der Waals surface area contributed by atoms with Gasteiger partial charge < -0.3 is 9.64 Å². The number of likely N-dealkylation sites (tertiary alicyclic amines) is 1. The van der Waals surface area contributed by atoms with Crippen LogP contribution in [0, 0.1) is 0 Å². The fourth-order valence-corrected chi connectivity index (χ4v) is 2.14. The zero-order chi connectivity index (χ0) is 13.7. The summed E-state index contributed by atoms with van der Waals surface area (Å²) in [4.78, 5) is 20.9. The molecule has 2 heterocycles. The molecule has 1 aliphatic rings. The van der Waals surface area contributed by atoms with Crippen LogP contribution in [0.5, 0.6) is 5.88 Å². The highest BCUT2D eigenvalue weighted by molar-refractivity contribution is 5.96. The Kier molecular flexibility index (Phi) is 4.20. The molecule has 1 amide bonds. The van der Waals surface area contributed by atoms with Crippen LogP contribution >= 0.6 is 0 Å². The zero-order valence-electron chi connectivity index (χ0n) is 10.7. The molecule has 19 heavy (non-hydrogen) atoms. The van der Waals surface area contributed by atoms with E-state index in [2.05, 4.69) is 15.0 Å². The maximum Gasteiger partial charge on any atom is 0.259 e. The fraction of sp³-hybridized carbons (Fsp3) is 0.500. The molecule has 1 saturated heterocycles. The standard InChI is InChI=1S/C12H15N5O2/c1-19-11-10(3-2-6-14-11)12(18)17-7-4-9(5-8-17)15-16-13/h2-3,6,9H,4-5,7-8H2,1H3. The van der Waals surface area contributed by atoms with Gasteiger partial charge in [-0.25, -0.2) is 4.98 Å². The van der Waals surface area contributed by atoms with Crippen molar-refractivity contribution in [1.82, 2.24) is 9.88 Å². The lowest BCUT2D eigenvalue weighted by Gasteiger charge is -2.30. The van der Waals surface area contributed by atoms with Crippen LogP contribution in [0.25, 0.3) is 10.4 Å². The minimum absolute atomic E-state index is 0.00940. The highest BCUT2D eigenvalue weighted by atomic mass is 16.5. The van der Waals surface area contributed by atoms with Gasteiger partial charge >= 0.3 is 0 Å². The highest BCUT2D eigenvalue weighted by Crippen LogP contribution is 2.20. The van der Waals surface area contributed by atoms with Gasteiger partial charge in [-0.1, -0.05) is 5.11 Å². The number of hydrogen-bond donors (Lipinski definition) is 0. The third kappa shape index (κ3) is 2.95. The SMILES string of the molecule is COc1ncccc1C(=O)N1CCC(N=[N+]=[N-])CC1. The minimum Gasteiger partial charge on any atom is -0.480 e. The van der Waals surface area contributed by atoms with Crippen LogP contribution in [0.2, 0.25) is 0 Å². The van der Waals surface area contributed by atoms with E-state index in [0.29, 0.717) is 37.4 Å². The molecule has 1 aromatic heterocycles. The molecule has 0 unspecified atom stereocenters. The largest absolute Gasteiger partial charge is 0.480 e. The number of rotatable bonds is 3. The van der Waals surface area contributed by atoms with Gasteiger partial charge in [0.05, 0.1) is 7.11 Å². The number of azide groups is 1. The monoisotopic (exact) mass is 261 g/mol. The van der Waals surface area contributed by atoms with Crippen LogP contribution in [0.4, 0.5) is 0 Å². The number of amides is 1. The summed E-state index contributed by atoms with van der Waals surface area (Å²) in [6, 6.07) is 3.40. The topological polar surface area (TPSA) is 91.2 Å². The number of nitrogens with zero attached hydrogens (tertiary/aromatic N) is 5. The molecule has 1 aromatic rings. The number of pyridine rings is 1. The molecule has 100 valence electrons. The Balaban J connectivity index is 2.07. The van der Waals surface area contributed by atoms with Crippen molar-refractivity contribution in [3.63, 3.8) is 0 Å². The molecule has 1 aliphatic heterocycles. The van der Waals surface area contributed by atoms with Crippen molar-refractivity contribution >= 4 is 5.91 Å². The lowest BCUT2D eigenvalue weighted by Crippen LogP contribution is -2.39. The number of carbonyl (C=O) groups excluding carboxylic acids is 1. The van der Waals surface area contributed by atoms with Gasteiger partial charge in [0.15, 0.2) is 0 Å². The smallest absolute Gasteiger partial charge is 0.259 e. The summed E-state index contributed by atoms with van der Waals surface area (Å²) in [5.74, 6) is 0.244. The van der Waals surface area contributed by atoms with E-state index in [-0.39, 0.29) is 11.9 Å². The van der Waals surface area contributed by atoms with E-state index >= 15 is 0 Å². The summed E-state index contributed by atoms with van der Waals surface area (Å²) >= 11 is 0. The van der Waals surface area contributed by atoms with E-state index in [1.165, 1.54) is 7.11 Å². The van der Waals surface area contributed by atoms with Crippen LogP contribution in [0.3, 0.4) is 0 Å². The summed E-state index contributed by atoms with van der Waals surface area (Å²) in [5, 5.41) is 3.69. The van der Waals surface area contributed by atoms with E-state index in [1.807, 2.05) is 0 Å². The number of piperidine rings is 1. The first-order valence-corrected chi connectivity index (χ1v) is 6.08. The first-order chi connectivity index (χ1) is 9.26. The fourth-order valence-electron chi connectivity index (χ4n) is 2.14. The predicted molar refractivity (Wildman–Crippen MR) is 68.9 cm³/mol. The van der Waals surface area contributed by atoms with E-state index in [0.717, 1.165) is 0 Å². The van der Waals surface area contributed by atoms with Crippen molar-refractivity contribution in [2.75, 3.05) is 20.2 Å². The van der Waals surface area contributed by atoms with Crippen LogP contribution in [-0.4, -0.2) is 42.0 Å². The van der Waals surface area contributed by atoms with Gasteiger partial charge in [0.2, 0.25) is 5.88 Å². The second-order valence-electron chi connectivity index (χ2n) is 4.29. The van der Waals surface area contributed by atoms with Gasteiger partial charge in [-0.05, 0) is 30.5 Å². The molecule has 0 aliphatic carbocycles. The zero-order valence-corrected chi connectivity index (χ0v) is 10.7. The second kappa shape index (κ2) is 6.06.